The highest BCUT2D eigenvalue weighted by molar-refractivity contribution is 6.22. The molecule has 0 radical (unpaired) electrons. The lowest BCUT2D eigenvalue weighted by molar-refractivity contribution is -0.124. The van der Waals surface area contributed by atoms with E-state index in [1.54, 1.807) is 49.4 Å². The summed E-state index contributed by atoms with van der Waals surface area (Å²) in [4.78, 5) is 54.2. The molecular weight excluding hydrogens is 493 g/mol. The van der Waals surface area contributed by atoms with Crippen LogP contribution in [0.3, 0.4) is 0 Å². The average Bonchev–Trinajstić information content (AvgIpc) is 3.14. The number of imide groups is 1. The first-order chi connectivity index (χ1) is 18.3. The Hall–Kier alpha value is -4.73. The molecule has 1 saturated heterocycles. The maximum absolute atomic E-state index is 13.5. The second-order valence-corrected chi connectivity index (χ2v) is 8.48. The molecule has 38 heavy (non-hydrogen) atoms. The monoisotopic (exact) mass is 519 g/mol. The first-order valence-electron chi connectivity index (χ1n) is 11.9. The van der Waals surface area contributed by atoms with Crippen LogP contribution in [0.25, 0.3) is 0 Å². The van der Waals surface area contributed by atoms with E-state index < -0.39 is 35.7 Å². The summed E-state index contributed by atoms with van der Waals surface area (Å²) in [5, 5.41) is 2.68. The van der Waals surface area contributed by atoms with Crippen LogP contribution >= 0.6 is 0 Å². The average molecular weight is 520 g/mol. The number of hydrogen-bond acceptors (Lipinski definition) is 6. The van der Waals surface area contributed by atoms with Crippen LogP contribution in [0.4, 0.5) is 20.6 Å². The Labute approximate surface area is 218 Å². The van der Waals surface area contributed by atoms with Gasteiger partial charge in [-0.25, -0.2) is 18.9 Å². The lowest BCUT2D eigenvalue weighted by Crippen LogP contribution is -2.37. The van der Waals surface area contributed by atoms with Gasteiger partial charge in [-0.05, 0) is 67.1 Å². The molecule has 1 N–H and O–H groups in total. The Morgan fingerprint density at radius 3 is 2.37 bits per heavy atom. The SMILES string of the molecule is CCOC(=O)c1cccc(NC(=O)CC2C(=O)N(c3ccc(OC)cc3)C(=O)N2Cc2ccc(F)cc2)c1. The number of nitrogens with one attached hydrogen (secondary N) is 1. The second-order valence-electron chi connectivity index (χ2n) is 8.48. The van der Waals surface area contributed by atoms with Crippen molar-refractivity contribution in [2.45, 2.75) is 25.9 Å². The summed E-state index contributed by atoms with van der Waals surface area (Å²) in [6.45, 7) is 1.89. The molecule has 0 aliphatic carbocycles. The molecule has 1 fully saturated rings. The molecule has 9 nitrogen and oxygen atoms in total. The van der Waals surface area contributed by atoms with Crippen LogP contribution in [0.2, 0.25) is 0 Å². The van der Waals surface area contributed by atoms with Crippen LogP contribution in [0, 0.1) is 5.82 Å². The summed E-state index contributed by atoms with van der Waals surface area (Å²) < 4.78 is 23.6. The third-order valence-electron chi connectivity index (χ3n) is 5.95. The van der Waals surface area contributed by atoms with Gasteiger partial charge >= 0.3 is 12.0 Å². The van der Waals surface area contributed by atoms with Crippen LogP contribution in [-0.4, -0.2) is 48.5 Å². The maximum atomic E-state index is 13.5. The van der Waals surface area contributed by atoms with Crippen molar-refractivity contribution >= 4 is 35.2 Å². The molecule has 1 atom stereocenters. The lowest BCUT2D eigenvalue weighted by atomic mass is 10.1. The van der Waals surface area contributed by atoms with E-state index in [0.717, 1.165) is 4.90 Å². The van der Waals surface area contributed by atoms with E-state index >= 15 is 0 Å². The van der Waals surface area contributed by atoms with E-state index in [2.05, 4.69) is 5.32 Å². The number of methoxy groups -OCH3 is 1. The third kappa shape index (κ3) is 5.80. The number of carbonyl (C=O) groups is 4. The quantitative estimate of drug-likeness (QED) is 0.332. The fourth-order valence-electron chi connectivity index (χ4n) is 4.10. The predicted molar refractivity (Wildman–Crippen MR) is 137 cm³/mol. The lowest BCUT2D eigenvalue weighted by Gasteiger charge is -2.21. The highest BCUT2D eigenvalue weighted by Gasteiger charge is 2.46. The summed E-state index contributed by atoms with van der Waals surface area (Å²) in [7, 11) is 1.50. The topological polar surface area (TPSA) is 105 Å². The first-order valence-corrected chi connectivity index (χ1v) is 11.9. The van der Waals surface area contributed by atoms with Gasteiger partial charge in [-0.3, -0.25) is 9.59 Å². The Bertz CT molecular complexity index is 1340. The van der Waals surface area contributed by atoms with Gasteiger partial charge in [0.15, 0.2) is 0 Å². The normalized spacial score (nSPS) is 15.0. The first kappa shape index (κ1) is 26.3. The van der Waals surface area contributed by atoms with E-state index in [9.17, 15) is 23.6 Å². The number of carbonyl (C=O) groups excluding carboxylic acids is 4. The molecule has 1 aliphatic rings. The van der Waals surface area contributed by atoms with Gasteiger partial charge < -0.3 is 19.7 Å². The van der Waals surface area contributed by atoms with Gasteiger partial charge in [-0.15, -0.1) is 0 Å². The Morgan fingerprint density at radius 2 is 1.71 bits per heavy atom. The highest BCUT2D eigenvalue weighted by atomic mass is 19.1. The zero-order valence-corrected chi connectivity index (χ0v) is 20.8. The molecule has 1 unspecified atom stereocenters. The number of halogens is 1. The van der Waals surface area contributed by atoms with Gasteiger partial charge in [0.1, 0.15) is 17.6 Å². The Kier molecular flexibility index (Phi) is 8.00. The minimum Gasteiger partial charge on any atom is -0.497 e. The number of esters is 1. The number of anilines is 2. The number of benzene rings is 3. The van der Waals surface area contributed by atoms with Crippen molar-refractivity contribution in [1.29, 1.82) is 0 Å². The van der Waals surface area contributed by atoms with Crippen molar-refractivity contribution in [2.75, 3.05) is 23.9 Å². The fraction of sp³-hybridized carbons (Fsp3) is 0.214. The number of urea groups is 1. The van der Waals surface area contributed by atoms with Gasteiger partial charge in [0.2, 0.25) is 5.91 Å². The summed E-state index contributed by atoms with van der Waals surface area (Å²) in [5.41, 5.74) is 1.53. The fourth-order valence-corrected chi connectivity index (χ4v) is 4.10. The number of amides is 4. The van der Waals surface area contributed by atoms with Crippen molar-refractivity contribution in [3.63, 3.8) is 0 Å². The van der Waals surface area contributed by atoms with Crippen LogP contribution < -0.4 is 15.0 Å². The molecule has 0 spiro atoms. The smallest absolute Gasteiger partial charge is 0.338 e. The molecular formula is C28H26FN3O6. The van der Waals surface area contributed by atoms with E-state index in [1.807, 2.05) is 0 Å². The van der Waals surface area contributed by atoms with E-state index in [4.69, 9.17) is 9.47 Å². The van der Waals surface area contributed by atoms with Gasteiger partial charge in [0, 0.05) is 12.2 Å². The molecule has 4 rings (SSSR count). The molecule has 3 aromatic carbocycles. The van der Waals surface area contributed by atoms with Crippen molar-refractivity contribution < 1.29 is 33.0 Å². The van der Waals surface area contributed by atoms with Crippen LogP contribution in [-0.2, 0) is 20.9 Å². The van der Waals surface area contributed by atoms with Crippen molar-refractivity contribution in [3.8, 4) is 5.75 Å². The van der Waals surface area contributed by atoms with E-state index in [0.29, 0.717) is 22.7 Å². The van der Waals surface area contributed by atoms with Crippen molar-refractivity contribution in [2.24, 2.45) is 0 Å². The largest absolute Gasteiger partial charge is 0.497 e. The van der Waals surface area contributed by atoms with Gasteiger partial charge in [-0.2, -0.15) is 0 Å². The number of nitrogens with zero attached hydrogens (tertiary/aromatic N) is 2. The predicted octanol–water partition coefficient (Wildman–Crippen LogP) is 4.38. The molecule has 3 aromatic rings. The molecule has 1 heterocycles. The van der Waals surface area contributed by atoms with E-state index in [-0.39, 0.29) is 25.1 Å². The zero-order valence-electron chi connectivity index (χ0n) is 20.8. The Balaban J connectivity index is 1.57. The van der Waals surface area contributed by atoms with Gasteiger partial charge in [0.05, 0.1) is 31.4 Å². The van der Waals surface area contributed by atoms with Crippen molar-refractivity contribution in [3.05, 3.63) is 89.7 Å². The number of hydrogen-bond donors (Lipinski definition) is 1. The molecule has 4 amide bonds. The van der Waals surface area contributed by atoms with E-state index in [1.165, 1.54) is 42.3 Å². The van der Waals surface area contributed by atoms with Crippen LogP contribution in [0.5, 0.6) is 5.75 Å². The second kappa shape index (κ2) is 11.5. The summed E-state index contributed by atoms with van der Waals surface area (Å²) in [6, 6.07) is 16.5. The zero-order chi connectivity index (χ0) is 27.2. The highest BCUT2D eigenvalue weighted by Crippen LogP contribution is 2.30. The summed E-state index contributed by atoms with van der Waals surface area (Å²) in [5.74, 6) is -1.51. The minimum absolute atomic E-state index is 0.00615. The molecule has 0 bridgehead atoms. The van der Waals surface area contributed by atoms with Crippen LogP contribution in [0.15, 0.2) is 72.8 Å². The third-order valence-corrected chi connectivity index (χ3v) is 5.95. The standard InChI is InChI=1S/C28H26FN3O6/c1-3-38-27(35)19-5-4-6-21(15-19)30-25(33)16-24-26(34)32(22-11-13-23(37-2)14-12-22)28(36)31(24)17-18-7-9-20(29)10-8-18/h4-15,24H,3,16-17H2,1-2H3,(H,30,33). The molecule has 1 aliphatic heterocycles. The molecule has 0 aromatic heterocycles. The minimum atomic E-state index is -1.11. The van der Waals surface area contributed by atoms with Gasteiger partial charge in [0.25, 0.3) is 5.91 Å². The Morgan fingerprint density at radius 1 is 1.00 bits per heavy atom. The van der Waals surface area contributed by atoms with Crippen molar-refractivity contribution in [1.82, 2.24) is 4.90 Å². The van der Waals surface area contributed by atoms with Crippen LogP contribution in [0.1, 0.15) is 29.3 Å². The molecule has 10 heteroatoms. The summed E-state index contributed by atoms with van der Waals surface area (Å²) >= 11 is 0. The summed E-state index contributed by atoms with van der Waals surface area (Å²) in [6.07, 6.45) is -0.331. The number of rotatable bonds is 9. The number of ether oxygens (including phenoxy) is 2. The molecule has 196 valence electrons. The maximum Gasteiger partial charge on any atom is 0.338 e. The molecule has 0 saturated carbocycles. The van der Waals surface area contributed by atoms with Gasteiger partial charge in [-0.1, -0.05) is 18.2 Å².